The fourth-order valence-corrected chi connectivity index (χ4v) is 2.83. The lowest BCUT2D eigenvalue weighted by Crippen LogP contribution is -2.34. The summed E-state index contributed by atoms with van der Waals surface area (Å²) < 4.78 is 0. The van der Waals surface area contributed by atoms with Crippen LogP contribution in [0.2, 0.25) is 0 Å². The largest absolute Gasteiger partial charge is 0.329 e. The molecule has 0 spiro atoms. The highest BCUT2D eigenvalue weighted by Crippen LogP contribution is 2.22. The van der Waals surface area contributed by atoms with Gasteiger partial charge in [0.05, 0.1) is 11.2 Å². The Kier molecular flexibility index (Phi) is 3.15. The molecule has 0 amide bonds. The molecule has 1 saturated heterocycles. The highest BCUT2D eigenvalue weighted by molar-refractivity contribution is 7.09. The molecule has 1 atom stereocenters. The van der Waals surface area contributed by atoms with Crippen LogP contribution in [-0.2, 0) is 6.54 Å². The van der Waals surface area contributed by atoms with Crippen LogP contribution in [0.5, 0.6) is 0 Å². The van der Waals surface area contributed by atoms with E-state index in [0.717, 1.165) is 13.1 Å². The van der Waals surface area contributed by atoms with Crippen LogP contribution in [0.4, 0.5) is 0 Å². The summed E-state index contributed by atoms with van der Waals surface area (Å²) >= 11 is 1.76. The molecule has 1 aliphatic rings. The molecule has 4 heteroatoms. The summed E-state index contributed by atoms with van der Waals surface area (Å²) in [5.41, 5.74) is 8.84. The highest BCUT2D eigenvalue weighted by atomic mass is 32.1. The molecule has 0 bridgehead atoms. The van der Waals surface area contributed by atoms with Crippen molar-refractivity contribution in [3.05, 3.63) is 16.1 Å². The van der Waals surface area contributed by atoms with Crippen LogP contribution in [0.15, 0.2) is 5.51 Å². The Balaban J connectivity index is 2.00. The summed E-state index contributed by atoms with van der Waals surface area (Å²) in [6, 6.07) is 0.594. The number of likely N-dealkylation sites (tertiary alicyclic amines) is 1. The van der Waals surface area contributed by atoms with Gasteiger partial charge in [-0.25, -0.2) is 4.98 Å². The van der Waals surface area contributed by atoms with E-state index in [9.17, 15) is 0 Å². The molecule has 1 unspecified atom stereocenters. The fraction of sp³-hybridized carbons (Fsp3) is 0.700. The van der Waals surface area contributed by atoms with E-state index in [1.54, 1.807) is 11.3 Å². The summed E-state index contributed by atoms with van der Waals surface area (Å²) in [6.45, 7) is 5.11. The Morgan fingerprint density at radius 3 is 3.21 bits per heavy atom. The standard InChI is InChI=1S/C10H17N3S/c1-8-10(14-7-12-8)6-13-4-2-3-9(13)5-11/h7,9H,2-6,11H2,1H3. The van der Waals surface area contributed by atoms with Crippen molar-refractivity contribution in [2.45, 2.75) is 32.4 Å². The first-order valence-electron chi connectivity index (χ1n) is 5.14. The first kappa shape index (κ1) is 10.1. The average Bonchev–Trinajstić information content (AvgIpc) is 2.77. The molecular weight excluding hydrogens is 194 g/mol. The van der Waals surface area contributed by atoms with Crippen molar-refractivity contribution < 1.29 is 0 Å². The van der Waals surface area contributed by atoms with Gasteiger partial charge in [0.25, 0.3) is 0 Å². The SMILES string of the molecule is Cc1ncsc1CN1CCCC1CN. The lowest BCUT2D eigenvalue weighted by Gasteiger charge is -2.22. The van der Waals surface area contributed by atoms with Gasteiger partial charge in [-0.15, -0.1) is 11.3 Å². The summed E-state index contributed by atoms with van der Waals surface area (Å²) in [5, 5.41) is 0. The normalized spacial score (nSPS) is 23.1. The quantitative estimate of drug-likeness (QED) is 0.821. The second kappa shape index (κ2) is 4.38. The van der Waals surface area contributed by atoms with Gasteiger partial charge in [-0.1, -0.05) is 0 Å². The minimum atomic E-state index is 0.594. The molecule has 1 aliphatic heterocycles. The third-order valence-electron chi connectivity index (χ3n) is 2.96. The Morgan fingerprint density at radius 2 is 2.57 bits per heavy atom. The molecular formula is C10H17N3S. The minimum absolute atomic E-state index is 0.594. The van der Waals surface area contributed by atoms with Gasteiger partial charge in [0, 0.05) is 24.0 Å². The van der Waals surface area contributed by atoms with Gasteiger partial charge in [0.15, 0.2) is 0 Å². The maximum absolute atomic E-state index is 5.74. The molecule has 0 aromatic carbocycles. The molecule has 2 heterocycles. The van der Waals surface area contributed by atoms with Crippen molar-refractivity contribution >= 4 is 11.3 Å². The number of aryl methyl sites for hydroxylation is 1. The lowest BCUT2D eigenvalue weighted by atomic mass is 10.2. The number of aromatic nitrogens is 1. The third kappa shape index (κ3) is 1.97. The van der Waals surface area contributed by atoms with E-state index in [2.05, 4.69) is 16.8 Å². The van der Waals surface area contributed by atoms with Gasteiger partial charge in [-0.3, -0.25) is 4.90 Å². The molecule has 1 fully saturated rings. The molecule has 1 aromatic heterocycles. The number of hydrogen-bond acceptors (Lipinski definition) is 4. The molecule has 0 aliphatic carbocycles. The molecule has 2 rings (SSSR count). The Bertz CT molecular complexity index is 297. The van der Waals surface area contributed by atoms with E-state index in [1.165, 1.54) is 30.0 Å². The van der Waals surface area contributed by atoms with Gasteiger partial charge in [0.1, 0.15) is 0 Å². The van der Waals surface area contributed by atoms with Gasteiger partial charge < -0.3 is 5.73 Å². The van der Waals surface area contributed by atoms with Gasteiger partial charge in [0.2, 0.25) is 0 Å². The maximum atomic E-state index is 5.74. The minimum Gasteiger partial charge on any atom is -0.329 e. The number of rotatable bonds is 3. The van der Waals surface area contributed by atoms with Crippen LogP contribution in [0.3, 0.4) is 0 Å². The van der Waals surface area contributed by atoms with Crippen LogP contribution in [0, 0.1) is 6.92 Å². The first-order valence-corrected chi connectivity index (χ1v) is 6.02. The van der Waals surface area contributed by atoms with E-state index >= 15 is 0 Å². The monoisotopic (exact) mass is 211 g/mol. The Labute approximate surface area is 88.9 Å². The molecule has 78 valence electrons. The summed E-state index contributed by atoms with van der Waals surface area (Å²) in [4.78, 5) is 8.15. The summed E-state index contributed by atoms with van der Waals surface area (Å²) in [7, 11) is 0. The van der Waals surface area contributed by atoms with Crippen molar-refractivity contribution in [2.75, 3.05) is 13.1 Å². The average molecular weight is 211 g/mol. The topological polar surface area (TPSA) is 42.2 Å². The second-order valence-corrected chi connectivity index (χ2v) is 4.80. The zero-order valence-electron chi connectivity index (χ0n) is 8.57. The van der Waals surface area contributed by atoms with Crippen LogP contribution < -0.4 is 5.73 Å². The van der Waals surface area contributed by atoms with E-state index in [-0.39, 0.29) is 0 Å². The smallest absolute Gasteiger partial charge is 0.0798 e. The predicted molar refractivity (Wildman–Crippen MR) is 59.3 cm³/mol. The van der Waals surface area contributed by atoms with Crippen molar-refractivity contribution in [1.82, 2.24) is 9.88 Å². The molecule has 3 nitrogen and oxygen atoms in total. The third-order valence-corrected chi connectivity index (χ3v) is 3.88. The highest BCUT2D eigenvalue weighted by Gasteiger charge is 2.23. The maximum Gasteiger partial charge on any atom is 0.0798 e. The molecule has 0 radical (unpaired) electrons. The van der Waals surface area contributed by atoms with Crippen LogP contribution in [-0.4, -0.2) is 29.0 Å². The summed E-state index contributed by atoms with van der Waals surface area (Å²) in [5.74, 6) is 0. The van der Waals surface area contributed by atoms with E-state index < -0.39 is 0 Å². The fourth-order valence-electron chi connectivity index (χ4n) is 2.03. The van der Waals surface area contributed by atoms with Gasteiger partial charge in [-0.05, 0) is 26.3 Å². The van der Waals surface area contributed by atoms with E-state index in [0.29, 0.717) is 6.04 Å². The Morgan fingerprint density at radius 1 is 1.71 bits per heavy atom. The molecule has 2 N–H and O–H groups in total. The first-order chi connectivity index (χ1) is 6.81. The van der Waals surface area contributed by atoms with Crippen LogP contribution in [0.1, 0.15) is 23.4 Å². The lowest BCUT2D eigenvalue weighted by molar-refractivity contribution is 0.252. The zero-order chi connectivity index (χ0) is 9.97. The van der Waals surface area contributed by atoms with Crippen LogP contribution >= 0.6 is 11.3 Å². The van der Waals surface area contributed by atoms with Crippen molar-refractivity contribution in [2.24, 2.45) is 5.73 Å². The molecule has 14 heavy (non-hydrogen) atoms. The zero-order valence-corrected chi connectivity index (χ0v) is 9.39. The summed E-state index contributed by atoms with van der Waals surface area (Å²) in [6.07, 6.45) is 2.55. The van der Waals surface area contributed by atoms with E-state index in [4.69, 9.17) is 5.73 Å². The molecule has 1 aromatic rings. The van der Waals surface area contributed by atoms with Gasteiger partial charge >= 0.3 is 0 Å². The predicted octanol–water partition coefficient (Wildman–Crippen LogP) is 1.37. The number of hydrogen-bond donors (Lipinski definition) is 1. The number of thiazole rings is 1. The van der Waals surface area contributed by atoms with Crippen molar-refractivity contribution in [3.8, 4) is 0 Å². The molecule has 0 saturated carbocycles. The van der Waals surface area contributed by atoms with E-state index in [1.807, 2.05) is 5.51 Å². The number of nitrogens with two attached hydrogens (primary N) is 1. The van der Waals surface area contributed by atoms with Crippen LogP contribution in [0.25, 0.3) is 0 Å². The van der Waals surface area contributed by atoms with Gasteiger partial charge in [-0.2, -0.15) is 0 Å². The van der Waals surface area contributed by atoms with Crippen molar-refractivity contribution in [1.29, 1.82) is 0 Å². The van der Waals surface area contributed by atoms with Crippen molar-refractivity contribution in [3.63, 3.8) is 0 Å². The number of nitrogens with zero attached hydrogens (tertiary/aromatic N) is 2. The Hall–Kier alpha value is -0.450. The second-order valence-electron chi connectivity index (χ2n) is 3.86.